The molecule has 104 valence electrons. The maximum absolute atomic E-state index is 11.1. The van der Waals surface area contributed by atoms with E-state index in [2.05, 4.69) is 4.98 Å². The average molecular weight is 263 g/mol. The van der Waals surface area contributed by atoms with E-state index in [4.69, 9.17) is 9.84 Å². The first-order valence-corrected chi connectivity index (χ1v) is 7.00. The van der Waals surface area contributed by atoms with Crippen molar-refractivity contribution in [2.45, 2.75) is 45.4 Å². The molecule has 1 heterocycles. The Morgan fingerprint density at radius 2 is 2.00 bits per heavy atom. The molecule has 1 aromatic rings. The molecule has 0 aliphatic heterocycles. The summed E-state index contributed by atoms with van der Waals surface area (Å²) in [5, 5.41) is 9.12. The largest absolute Gasteiger partial charge is 0.477 e. The van der Waals surface area contributed by atoms with Crippen LogP contribution in [0.4, 0.5) is 0 Å². The van der Waals surface area contributed by atoms with Gasteiger partial charge in [-0.05, 0) is 37.8 Å². The molecule has 4 nitrogen and oxygen atoms in total. The smallest absolute Gasteiger partial charge is 0.341 e. The van der Waals surface area contributed by atoms with Crippen LogP contribution in [-0.4, -0.2) is 22.7 Å². The zero-order valence-corrected chi connectivity index (χ0v) is 11.4. The van der Waals surface area contributed by atoms with Gasteiger partial charge in [0.25, 0.3) is 0 Å². The van der Waals surface area contributed by atoms with E-state index < -0.39 is 5.97 Å². The first-order chi connectivity index (χ1) is 9.16. The number of carbonyl (C=O) groups is 1. The first-order valence-electron chi connectivity index (χ1n) is 7.00. The number of hydrogen-bond donors (Lipinski definition) is 1. The Balaban J connectivity index is 2.01. The maximum atomic E-state index is 11.1. The molecule has 2 rings (SSSR count). The molecule has 0 amide bonds. The summed E-state index contributed by atoms with van der Waals surface area (Å²) >= 11 is 0. The van der Waals surface area contributed by atoms with Crippen LogP contribution in [0.3, 0.4) is 0 Å². The van der Waals surface area contributed by atoms with Gasteiger partial charge in [-0.1, -0.05) is 25.7 Å². The molecular weight excluding hydrogens is 242 g/mol. The van der Waals surface area contributed by atoms with Gasteiger partial charge in [-0.3, -0.25) is 0 Å². The highest BCUT2D eigenvalue weighted by Crippen LogP contribution is 2.24. The van der Waals surface area contributed by atoms with Crippen LogP contribution in [0.5, 0.6) is 5.88 Å². The zero-order valence-electron chi connectivity index (χ0n) is 11.4. The standard InChI is InChI=1S/C15H21NO3/c1-11-8-9-13(15(17)18)14(16-11)19-10-12-6-4-2-3-5-7-12/h8-9,12H,2-7,10H2,1H3,(H,17,18). The number of carboxylic acid groups (broad SMARTS) is 1. The fraction of sp³-hybridized carbons (Fsp3) is 0.600. The quantitative estimate of drug-likeness (QED) is 0.845. The van der Waals surface area contributed by atoms with Gasteiger partial charge in [-0.15, -0.1) is 0 Å². The Labute approximate surface area is 113 Å². The lowest BCUT2D eigenvalue weighted by Crippen LogP contribution is -2.14. The van der Waals surface area contributed by atoms with Gasteiger partial charge in [0, 0.05) is 5.69 Å². The third-order valence-electron chi connectivity index (χ3n) is 3.66. The van der Waals surface area contributed by atoms with E-state index in [0.717, 1.165) is 5.69 Å². The fourth-order valence-corrected chi connectivity index (χ4v) is 2.53. The van der Waals surface area contributed by atoms with Gasteiger partial charge < -0.3 is 9.84 Å². The van der Waals surface area contributed by atoms with E-state index in [-0.39, 0.29) is 11.4 Å². The maximum Gasteiger partial charge on any atom is 0.341 e. The van der Waals surface area contributed by atoms with Crippen molar-refractivity contribution >= 4 is 5.97 Å². The van der Waals surface area contributed by atoms with Crippen molar-refractivity contribution in [1.29, 1.82) is 0 Å². The van der Waals surface area contributed by atoms with Crippen LogP contribution in [0, 0.1) is 12.8 Å². The number of pyridine rings is 1. The number of rotatable bonds is 4. The van der Waals surface area contributed by atoms with Crippen LogP contribution in [0.25, 0.3) is 0 Å². The number of ether oxygens (including phenoxy) is 1. The minimum absolute atomic E-state index is 0.152. The Bertz CT molecular complexity index is 437. The molecule has 0 unspecified atom stereocenters. The van der Waals surface area contributed by atoms with Gasteiger partial charge in [0.2, 0.25) is 5.88 Å². The van der Waals surface area contributed by atoms with Crippen LogP contribution in [-0.2, 0) is 0 Å². The molecule has 1 N–H and O–H groups in total. The molecule has 1 saturated carbocycles. The van der Waals surface area contributed by atoms with Crippen molar-refractivity contribution in [3.8, 4) is 5.88 Å². The van der Waals surface area contributed by atoms with Crippen molar-refractivity contribution in [1.82, 2.24) is 4.98 Å². The number of aromatic nitrogens is 1. The van der Waals surface area contributed by atoms with Crippen LogP contribution >= 0.6 is 0 Å². The molecule has 1 aromatic heterocycles. The Morgan fingerprint density at radius 1 is 1.32 bits per heavy atom. The SMILES string of the molecule is Cc1ccc(C(=O)O)c(OCC2CCCCCC2)n1. The molecule has 0 saturated heterocycles. The van der Waals surface area contributed by atoms with Crippen molar-refractivity contribution in [2.75, 3.05) is 6.61 Å². The van der Waals surface area contributed by atoms with Gasteiger partial charge in [0.05, 0.1) is 6.61 Å². The van der Waals surface area contributed by atoms with Crippen LogP contribution < -0.4 is 4.74 Å². The first kappa shape index (κ1) is 13.8. The van der Waals surface area contributed by atoms with Gasteiger partial charge in [0.15, 0.2) is 0 Å². The third kappa shape index (κ3) is 3.94. The van der Waals surface area contributed by atoms with Gasteiger partial charge in [-0.25, -0.2) is 9.78 Å². The van der Waals surface area contributed by atoms with E-state index in [1.807, 2.05) is 6.92 Å². The Morgan fingerprint density at radius 3 is 2.63 bits per heavy atom. The lowest BCUT2D eigenvalue weighted by Gasteiger charge is -2.15. The van der Waals surface area contributed by atoms with E-state index in [9.17, 15) is 4.79 Å². The number of hydrogen-bond acceptors (Lipinski definition) is 3. The minimum atomic E-state index is -0.983. The second-order valence-corrected chi connectivity index (χ2v) is 5.28. The monoisotopic (exact) mass is 263 g/mol. The van der Waals surface area contributed by atoms with Crippen molar-refractivity contribution in [3.05, 3.63) is 23.4 Å². The second-order valence-electron chi connectivity index (χ2n) is 5.28. The van der Waals surface area contributed by atoms with Gasteiger partial charge in [0.1, 0.15) is 5.56 Å². The molecular formula is C15H21NO3. The average Bonchev–Trinajstić information content (AvgIpc) is 2.64. The second kappa shape index (κ2) is 6.55. The van der Waals surface area contributed by atoms with E-state index in [0.29, 0.717) is 12.5 Å². The molecule has 0 atom stereocenters. The summed E-state index contributed by atoms with van der Waals surface area (Å²) in [4.78, 5) is 15.3. The molecule has 4 heteroatoms. The normalized spacial score (nSPS) is 16.9. The molecule has 19 heavy (non-hydrogen) atoms. The molecule has 0 bridgehead atoms. The Hall–Kier alpha value is -1.58. The summed E-state index contributed by atoms with van der Waals surface area (Å²) in [6.07, 6.45) is 7.46. The topological polar surface area (TPSA) is 59.4 Å². The predicted molar refractivity (Wildman–Crippen MR) is 72.6 cm³/mol. The molecule has 1 aliphatic rings. The zero-order chi connectivity index (χ0) is 13.7. The molecule has 0 spiro atoms. The van der Waals surface area contributed by atoms with Crippen LogP contribution in [0.1, 0.15) is 54.6 Å². The number of aromatic carboxylic acids is 1. The molecule has 0 aromatic carbocycles. The highest BCUT2D eigenvalue weighted by atomic mass is 16.5. The summed E-state index contributed by atoms with van der Waals surface area (Å²) in [7, 11) is 0. The van der Waals surface area contributed by atoms with E-state index >= 15 is 0 Å². The molecule has 1 aliphatic carbocycles. The van der Waals surface area contributed by atoms with Crippen molar-refractivity contribution in [2.24, 2.45) is 5.92 Å². The lowest BCUT2D eigenvalue weighted by molar-refractivity contribution is 0.0689. The Kier molecular flexibility index (Phi) is 4.77. The summed E-state index contributed by atoms with van der Waals surface area (Å²) in [6, 6.07) is 3.26. The summed E-state index contributed by atoms with van der Waals surface area (Å²) < 4.78 is 5.68. The van der Waals surface area contributed by atoms with Gasteiger partial charge >= 0.3 is 5.97 Å². The highest BCUT2D eigenvalue weighted by molar-refractivity contribution is 5.90. The van der Waals surface area contributed by atoms with E-state index in [1.54, 1.807) is 12.1 Å². The summed E-state index contributed by atoms with van der Waals surface area (Å²) in [5.41, 5.74) is 0.931. The number of aryl methyl sites for hydroxylation is 1. The number of carboxylic acids is 1. The minimum Gasteiger partial charge on any atom is -0.477 e. The third-order valence-corrected chi connectivity index (χ3v) is 3.66. The van der Waals surface area contributed by atoms with Crippen LogP contribution in [0.2, 0.25) is 0 Å². The van der Waals surface area contributed by atoms with Crippen molar-refractivity contribution < 1.29 is 14.6 Å². The predicted octanol–water partition coefficient (Wildman–Crippen LogP) is 3.44. The fourth-order valence-electron chi connectivity index (χ4n) is 2.53. The molecule has 1 fully saturated rings. The highest BCUT2D eigenvalue weighted by Gasteiger charge is 2.17. The van der Waals surface area contributed by atoms with E-state index in [1.165, 1.54) is 38.5 Å². The van der Waals surface area contributed by atoms with Crippen LogP contribution in [0.15, 0.2) is 12.1 Å². The number of nitrogens with zero attached hydrogens (tertiary/aromatic N) is 1. The summed E-state index contributed by atoms with van der Waals surface area (Å²) in [6.45, 7) is 2.42. The lowest BCUT2D eigenvalue weighted by atomic mass is 10.0. The summed E-state index contributed by atoms with van der Waals surface area (Å²) in [5.74, 6) is -0.188. The molecule has 0 radical (unpaired) electrons. The van der Waals surface area contributed by atoms with Crippen molar-refractivity contribution in [3.63, 3.8) is 0 Å². The van der Waals surface area contributed by atoms with Gasteiger partial charge in [-0.2, -0.15) is 0 Å².